The van der Waals surface area contributed by atoms with Crippen LogP contribution in [-0.2, 0) is 30.9 Å². The molecule has 274 valence electrons. The SMILES string of the molecule is C[C@H]1CN(C[C@H](Cc2ccccc2)C(=O)NCC(=O)OC(C)(C)C)CC[C@@]1(C)c1cccc(OC(=O)Nc2ccc(C(=O)OC(C)(C)C)cc2)c1. The Labute approximate surface area is 302 Å². The van der Waals surface area contributed by atoms with E-state index in [1.807, 2.05) is 42.5 Å². The summed E-state index contributed by atoms with van der Waals surface area (Å²) in [7, 11) is 0. The second-order valence-corrected chi connectivity index (χ2v) is 15.6. The number of nitrogens with one attached hydrogen (secondary N) is 2. The first kappa shape index (κ1) is 39.1. The number of ether oxygens (including phenoxy) is 3. The molecule has 0 bridgehead atoms. The van der Waals surface area contributed by atoms with E-state index in [1.165, 1.54) is 0 Å². The van der Waals surface area contributed by atoms with Gasteiger partial charge in [-0.25, -0.2) is 9.59 Å². The minimum absolute atomic E-state index is 0.173. The average molecular weight is 700 g/mol. The molecule has 3 aromatic rings. The third-order valence-corrected chi connectivity index (χ3v) is 9.04. The van der Waals surface area contributed by atoms with Crippen molar-refractivity contribution >= 4 is 29.6 Å². The number of hydrogen-bond acceptors (Lipinski definition) is 8. The topological polar surface area (TPSA) is 123 Å². The van der Waals surface area contributed by atoms with Gasteiger partial charge in [0.1, 0.15) is 23.5 Å². The number of carbonyl (C=O) groups is 4. The quantitative estimate of drug-likeness (QED) is 0.202. The second kappa shape index (κ2) is 16.5. The summed E-state index contributed by atoms with van der Waals surface area (Å²) < 4.78 is 16.5. The number of anilines is 1. The molecule has 0 aromatic heterocycles. The fourth-order valence-corrected chi connectivity index (χ4v) is 6.24. The average Bonchev–Trinajstić information content (AvgIpc) is 3.04. The van der Waals surface area contributed by atoms with Crippen molar-refractivity contribution in [2.45, 2.75) is 84.8 Å². The molecule has 0 aliphatic carbocycles. The van der Waals surface area contributed by atoms with E-state index in [4.69, 9.17) is 14.2 Å². The van der Waals surface area contributed by atoms with E-state index in [-0.39, 0.29) is 29.7 Å². The summed E-state index contributed by atoms with van der Waals surface area (Å²) in [4.78, 5) is 53.2. The molecule has 0 radical (unpaired) electrons. The lowest BCUT2D eigenvalue weighted by molar-refractivity contribution is -0.154. The number of rotatable bonds is 11. The van der Waals surface area contributed by atoms with Crippen LogP contribution in [0.5, 0.6) is 5.75 Å². The van der Waals surface area contributed by atoms with E-state index in [1.54, 1.807) is 71.9 Å². The van der Waals surface area contributed by atoms with Crippen molar-refractivity contribution in [3.63, 3.8) is 0 Å². The van der Waals surface area contributed by atoms with E-state index in [2.05, 4.69) is 35.4 Å². The number of esters is 2. The molecule has 3 atom stereocenters. The molecule has 1 aliphatic heterocycles. The van der Waals surface area contributed by atoms with E-state index in [9.17, 15) is 19.2 Å². The zero-order valence-electron chi connectivity index (χ0n) is 31.2. The maximum Gasteiger partial charge on any atom is 0.417 e. The predicted molar refractivity (Wildman–Crippen MR) is 198 cm³/mol. The van der Waals surface area contributed by atoms with E-state index >= 15 is 0 Å². The number of piperidine rings is 1. The Kier molecular flexibility index (Phi) is 12.7. The van der Waals surface area contributed by atoms with Crippen molar-refractivity contribution in [1.29, 1.82) is 0 Å². The molecular weight excluding hydrogens is 646 g/mol. The molecular formula is C41H53N3O7. The fraction of sp³-hybridized carbons (Fsp3) is 0.463. The second-order valence-electron chi connectivity index (χ2n) is 15.6. The standard InChI is InChI=1S/C41H53N3O7/c1-28-26-44(27-31(23-29-13-10-9-11-14-29)36(46)42-25-35(45)50-39(2,3)4)22-21-41(28,8)32-15-12-16-34(24-32)49-38(48)43-33-19-17-30(18-20-33)37(47)51-40(5,6)7/h9-20,24,28,31H,21-23,25-27H2,1-8H3,(H,42,46)(H,43,48)/t28-,31-,41+/m0/s1. The zero-order valence-corrected chi connectivity index (χ0v) is 31.2. The summed E-state index contributed by atoms with van der Waals surface area (Å²) in [5.74, 6) is -0.774. The van der Waals surface area contributed by atoms with Crippen molar-refractivity contribution in [2.24, 2.45) is 11.8 Å². The van der Waals surface area contributed by atoms with Crippen molar-refractivity contribution in [3.8, 4) is 5.75 Å². The van der Waals surface area contributed by atoms with E-state index in [0.29, 0.717) is 30.0 Å². The Morgan fingerprint density at radius 2 is 1.55 bits per heavy atom. The van der Waals surface area contributed by atoms with Crippen LogP contribution in [0.25, 0.3) is 0 Å². The van der Waals surface area contributed by atoms with Gasteiger partial charge in [0.05, 0.1) is 11.5 Å². The molecule has 2 amide bonds. The number of likely N-dealkylation sites (tertiary alicyclic amines) is 1. The van der Waals surface area contributed by atoms with Crippen LogP contribution in [0, 0.1) is 11.8 Å². The van der Waals surface area contributed by atoms with Gasteiger partial charge in [0.25, 0.3) is 0 Å². The Morgan fingerprint density at radius 1 is 0.882 bits per heavy atom. The van der Waals surface area contributed by atoms with Gasteiger partial charge in [0, 0.05) is 18.8 Å². The van der Waals surface area contributed by atoms with Gasteiger partial charge in [-0.15, -0.1) is 0 Å². The number of nitrogens with zero attached hydrogens (tertiary/aromatic N) is 1. The maximum absolute atomic E-state index is 13.4. The van der Waals surface area contributed by atoms with E-state index in [0.717, 1.165) is 30.6 Å². The summed E-state index contributed by atoms with van der Waals surface area (Å²) in [5, 5.41) is 5.53. The molecule has 0 spiro atoms. The minimum atomic E-state index is -0.639. The highest BCUT2D eigenvalue weighted by atomic mass is 16.6. The first-order valence-electron chi connectivity index (χ1n) is 17.6. The molecule has 10 nitrogen and oxygen atoms in total. The normalized spacial score (nSPS) is 18.6. The molecule has 51 heavy (non-hydrogen) atoms. The van der Waals surface area contributed by atoms with Gasteiger partial charge in [-0.05, 0) is 120 Å². The number of carbonyl (C=O) groups excluding carboxylic acids is 4. The van der Waals surface area contributed by atoms with Crippen molar-refractivity contribution < 1.29 is 33.4 Å². The Bertz CT molecular complexity index is 1660. The molecule has 3 aromatic carbocycles. The maximum atomic E-state index is 13.4. The van der Waals surface area contributed by atoms with Crippen molar-refractivity contribution in [1.82, 2.24) is 10.2 Å². The molecule has 0 unspecified atom stereocenters. The largest absolute Gasteiger partial charge is 0.459 e. The van der Waals surface area contributed by atoms with Crippen molar-refractivity contribution in [3.05, 3.63) is 95.6 Å². The highest BCUT2D eigenvalue weighted by molar-refractivity contribution is 5.91. The fourth-order valence-electron chi connectivity index (χ4n) is 6.24. The summed E-state index contributed by atoms with van der Waals surface area (Å²) in [6.45, 7) is 17.2. The lowest BCUT2D eigenvalue weighted by atomic mass is 9.68. The van der Waals surface area contributed by atoms with Crippen LogP contribution in [0.2, 0.25) is 0 Å². The summed E-state index contributed by atoms with van der Waals surface area (Å²) >= 11 is 0. The highest BCUT2D eigenvalue weighted by Crippen LogP contribution is 2.40. The van der Waals surface area contributed by atoms with Gasteiger partial charge in [0.15, 0.2) is 0 Å². The smallest absolute Gasteiger partial charge is 0.417 e. The lowest BCUT2D eigenvalue weighted by Crippen LogP contribution is -2.50. The molecule has 1 fully saturated rings. The van der Waals surface area contributed by atoms with Gasteiger partial charge >= 0.3 is 18.0 Å². The van der Waals surface area contributed by atoms with Gasteiger partial charge in [-0.2, -0.15) is 0 Å². The molecule has 4 rings (SSSR count). The first-order valence-corrected chi connectivity index (χ1v) is 17.6. The lowest BCUT2D eigenvalue weighted by Gasteiger charge is -2.45. The number of benzene rings is 3. The summed E-state index contributed by atoms with van der Waals surface area (Å²) in [6, 6.07) is 24.0. The van der Waals surface area contributed by atoms with E-state index < -0.39 is 29.2 Å². The first-order chi connectivity index (χ1) is 23.9. The van der Waals surface area contributed by atoms with Crippen LogP contribution in [-0.4, -0.2) is 66.2 Å². The van der Waals surface area contributed by atoms with Gasteiger partial charge in [0.2, 0.25) is 5.91 Å². The molecule has 0 saturated carbocycles. The summed E-state index contributed by atoms with van der Waals surface area (Å²) in [6.07, 6.45) is 0.753. The van der Waals surface area contributed by atoms with Gasteiger partial charge in [-0.1, -0.05) is 56.3 Å². The zero-order chi connectivity index (χ0) is 37.4. The Balaban J connectivity index is 1.37. The molecule has 1 aliphatic rings. The Morgan fingerprint density at radius 3 is 2.18 bits per heavy atom. The van der Waals surface area contributed by atoms with Crippen LogP contribution >= 0.6 is 0 Å². The van der Waals surface area contributed by atoms with Crippen LogP contribution in [0.4, 0.5) is 10.5 Å². The molecule has 10 heteroatoms. The third-order valence-electron chi connectivity index (χ3n) is 9.04. The number of amides is 2. The van der Waals surface area contributed by atoms with Crippen LogP contribution in [0.1, 0.15) is 83.3 Å². The monoisotopic (exact) mass is 699 g/mol. The molecule has 2 N–H and O–H groups in total. The molecule has 1 saturated heterocycles. The van der Waals surface area contributed by atoms with Crippen LogP contribution in [0.15, 0.2) is 78.9 Å². The van der Waals surface area contributed by atoms with Crippen molar-refractivity contribution in [2.75, 3.05) is 31.5 Å². The highest BCUT2D eigenvalue weighted by Gasteiger charge is 2.39. The predicted octanol–water partition coefficient (Wildman–Crippen LogP) is 7.17. The minimum Gasteiger partial charge on any atom is -0.459 e. The molecule has 1 heterocycles. The van der Waals surface area contributed by atoms with Crippen LogP contribution in [0.3, 0.4) is 0 Å². The van der Waals surface area contributed by atoms with Gasteiger partial charge in [-0.3, -0.25) is 14.9 Å². The third kappa shape index (κ3) is 12.0. The Hall–Kier alpha value is -4.70. The number of hydrogen-bond donors (Lipinski definition) is 2. The summed E-state index contributed by atoms with van der Waals surface area (Å²) in [5.41, 5.74) is 1.57. The van der Waals surface area contributed by atoms with Gasteiger partial charge < -0.3 is 24.4 Å². The van der Waals surface area contributed by atoms with Crippen LogP contribution < -0.4 is 15.4 Å².